The van der Waals surface area contributed by atoms with Crippen LogP contribution in [0.15, 0.2) is 42.7 Å². The molecule has 1 N–H and O–H groups in total. The highest BCUT2D eigenvalue weighted by molar-refractivity contribution is 5.59. The number of ether oxygens (including phenoxy) is 2. The van der Waals surface area contributed by atoms with Gasteiger partial charge >= 0.3 is 0 Å². The van der Waals surface area contributed by atoms with Crippen molar-refractivity contribution >= 4 is 5.78 Å². The van der Waals surface area contributed by atoms with E-state index in [4.69, 9.17) is 9.47 Å². The molecule has 0 saturated carbocycles. The molecule has 0 aliphatic carbocycles. The molecule has 0 saturated heterocycles. The number of aromatic nitrogens is 6. The number of hydrogen-bond donors (Lipinski definition) is 1. The molecule has 9 nitrogen and oxygen atoms in total. The molecule has 0 aliphatic rings. The van der Waals surface area contributed by atoms with Crippen LogP contribution in [-0.4, -0.2) is 48.0 Å². The van der Waals surface area contributed by atoms with E-state index in [2.05, 4.69) is 20.1 Å². The summed E-state index contributed by atoms with van der Waals surface area (Å²) >= 11 is 0. The molecule has 0 radical (unpaired) electrons. The first-order valence-electron chi connectivity index (χ1n) is 8.81. The molecule has 4 aromatic rings. The van der Waals surface area contributed by atoms with Gasteiger partial charge in [0.1, 0.15) is 23.8 Å². The summed E-state index contributed by atoms with van der Waals surface area (Å²) in [6, 6.07) is 9.13. The van der Waals surface area contributed by atoms with Crippen molar-refractivity contribution in [2.45, 2.75) is 20.1 Å². The van der Waals surface area contributed by atoms with Crippen LogP contribution in [-0.2, 0) is 13.2 Å². The Hall–Kier alpha value is -3.46. The van der Waals surface area contributed by atoms with Crippen molar-refractivity contribution in [2.24, 2.45) is 0 Å². The van der Waals surface area contributed by atoms with Crippen LogP contribution in [0.1, 0.15) is 11.5 Å². The van der Waals surface area contributed by atoms with Crippen LogP contribution in [0.2, 0.25) is 0 Å². The van der Waals surface area contributed by atoms with Crippen LogP contribution in [0, 0.1) is 6.92 Å². The van der Waals surface area contributed by atoms with Crippen molar-refractivity contribution in [2.75, 3.05) is 13.7 Å². The third-order valence-corrected chi connectivity index (χ3v) is 4.24. The maximum absolute atomic E-state index is 9.42. The second-order valence-corrected chi connectivity index (χ2v) is 6.10. The van der Waals surface area contributed by atoms with Crippen LogP contribution in [0.3, 0.4) is 0 Å². The number of imidazole rings is 1. The maximum Gasteiger partial charge on any atom is 0.234 e. The summed E-state index contributed by atoms with van der Waals surface area (Å²) in [5.74, 6) is 3.16. The van der Waals surface area contributed by atoms with Gasteiger partial charge in [0.05, 0.1) is 26.0 Å². The van der Waals surface area contributed by atoms with Crippen molar-refractivity contribution in [1.82, 2.24) is 29.1 Å². The van der Waals surface area contributed by atoms with Gasteiger partial charge in [0.25, 0.3) is 0 Å². The molecule has 4 rings (SSSR count). The number of nitrogens with zero attached hydrogens (tertiary/aromatic N) is 6. The quantitative estimate of drug-likeness (QED) is 0.522. The summed E-state index contributed by atoms with van der Waals surface area (Å²) < 4.78 is 14.5. The number of rotatable bonds is 7. The lowest BCUT2D eigenvalue weighted by Crippen LogP contribution is -2.08. The van der Waals surface area contributed by atoms with Gasteiger partial charge in [0, 0.05) is 12.4 Å². The number of hydrogen-bond acceptors (Lipinski definition) is 7. The number of aryl methyl sites for hydroxylation is 1. The minimum absolute atomic E-state index is 0.0524. The zero-order valence-electron chi connectivity index (χ0n) is 15.6. The Balaban J connectivity index is 1.64. The van der Waals surface area contributed by atoms with Gasteiger partial charge in [-0.3, -0.25) is 4.40 Å². The van der Waals surface area contributed by atoms with Crippen LogP contribution >= 0.6 is 0 Å². The minimum atomic E-state index is -0.0524. The lowest BCUT2D eigenvalue weighted by atomic mass is 10.3. The smallest absolute Gasteiger partial charge is 0.234 e. The van der Waals surface area contributed by atoms with Crippen molar-refractivity contribution in [3.8, 4) is 23.0 Å². The molecule has 144 valence electrons. The van der Waals surface area contributed by atoms with Crippen LogP contribution in [0.25, 0.3) is 17.3 Å². The first-order valence-corrected chi connectivity index (χ1v) is 8.81. The predicted octanol–water partition coefficient (Wildman–Crippen LogP) is 1.88. The number of fused-ring (bicyclic) bond motifs is 1. The molecule has 9 heteroatoms. The fourth-order valence-electron chi connectivity index (χ4n) is 2.96. The molecule has 0 amide bonds. The van der Waals surface area contributed by atoms with E-state index in [9.17, 15) is 5.11 Å². The molecular formula is C19H20N6O3. The summed E-state index contributed by atoms with van der Waals surface area (Å²) in [7, 11) is 1.62. The molecule has 1 aromatic carbocycles. The summed E-state index contributed by atoms with van der Waals surface area (Å²) in [5.41, 5.74) is 1.58. The van der Waals surface area contributed by atoms with Crippen molar-refractivity contribution in [3.63, 3.8) is 0 Å². The van der Waals surface area contributed by atoms with Gasteiger partial charge in [-0.25, -0.2) is 19.6 Å². The van der Waals surface area contributed by atoms with E-state index in [1.807, 2.05) is 47.9 Å². The molecule has 0 unspecified atom stereocenters. The Morgan fingerprint density at radius 3 is 2.64 bits per heavy atom. The number of aliphatic hydroxyl groups is 1. The number of aliphatic hydroxyl groups excluding tert-OH is 1. The first kappa shape index (κ1) is 17.9. The highest BCUT2D eigenvalue weighted by atomic mass is 16.5. The molecule has 0 aliphatic heterocycles. The van der Waals surface area contributed by atoms with Gasteiger partial charge in [0.2, 0.25) is 5.78 Å². The number of benzene rings is 1. The SMILES string of the molecule is COc1ccc(OCc2nc(-c3c(C)nc4ncccn34)n(CCO)n2)cc1. The van der Waals surface area contributed by atoms with E-state index >= 15 is 0 Å². The van der Waals surface area contributed by atoms with Gasteiger partial charge in [-0.1, -0.05) is 0 Å². The van der Waals surface area contributed by atoms with Gasteiger partial charge in [-0.15, -0.1) is 0 Å². The molecule has 3 heterocycles. The Bertz CT molecular complexity index is 1090. The third-order valence-electron chi connectivity index (χ3n) is 4.24. The Labute approximate surface area is 161 Å². The maximum atomic E-state index is 9.42. The van der Waals surface area contributed by atoms with E-state index in [0.717, 1.165) is 17.1 Å². The zero-order chi connectivity index (χ0) is 19.5. The highest BCUT2D eigenvalue weighted by Crippen LogP contribution is 2.23. The van der Waals surface area contributed by atoms with Gasteiger partial charge in [-0.2, -0.15) is 5.10 Å². The minimum Gasteiger partial charge on any atom is -0.497 e. The van der Waals surface area contributed by atoms with E-state index in [1.54, 1.807) is 18.0 Å². The zero-order valence-corrected chi connectivity index (χ0v) is 15.6. The van der Waals surface area contributed by atoms with E-state index in [1.165, 1.54) is 0 Å². The molecule has 0 bridgehead atoms. The predicted molar refractivity (Wildman–Crippen MR) is 101 cm³/mol. The highest BCUT2D eigenvalue weighted by Gasteiger charge is 2.19. The summed E-state index contributed by atoms with van der Waals surface area (Å²) in [6.45, 7) is 2.36. The normalized spacial score (nSPS) is 11.1. The molecule has 0 atom stereocenters. The van der Waals surface area contributed by atoms with Gasteiger partial charge < -0.3 is 14.6 Å². The first-order chi connectivity index (χ1) is 13.7. The Morgan fingerprint density at radius 1 is 1.11 bits per heavy atom. The number of methoxy groups -OCH3 is 1. The van der Waals surface area contributed by atoms with Gasteiger partial charge in [0.15, 0.2) is 11.6 Å². The van der Waals surface area contributed by atoms with Crippen molar-refractivity contribution in [3.05, 3.63) is 54.2 Å². The van der Waals surface area contributed by atoms with Crippen LogP contribution in [0.5, 0.6) is 11.5 Å². The average Bonchev–Trinajstić information content (AvgIpc) is 3.26. The van der Waals surface area contributed by atoms with Gasteiger partial charge in [-0.05, 0) is 37.3 Å². The van der Waals surface area contributed by atoms with Crippen LogP contribution < -0.4 is 9.47 Å². The monoisotopic (exact) mass is 380 g/mol. The van der Waals surface area contributed by atoms with E-state index < -0.39 is 0 Å². The second-order valence-electron chi connectivity index (χ2n) is 6.10. The fraction of sp³-hybridized carbons (Fsp3) is 0.263. The Kier molecular flexibility index (Phi) is 4.90. The summed E-state index contributed by atoms with van der Waals surface area (Å²) in [6.07, 6.45) is 3.57. The van der Waals surface area contributed by atoms with Crippen LogP contribution in [0.4, 0.5) is 0 Å². The molecular weight excluding hydrogens is 360 g/mol. The van der Waals surface area contributed by atoms with E-state index in [0.29, 0.717) is 29.7 Å². The third kappa shape index (κ3) is 3.39. The standard InChI is InChI=1S/C19H20N6O3/c1-13-17(24-9-3-8-20-19(24)21-13)18-22-16(23-25(18)10-11-26)12-28-15-6-4-14(27-2)5-7-15/h3-9,26H,10-12H2,1-2H3. The topological polar surface area (TPSA) is 99.6 Å². The van der Waals surface area contributed by atoms with Crippen molar-refractivity contribution in [1.29, 1.82) is 0 Å². The largest absolute Gasteiger partial charge is 0.497 e. The Morgan fingerprint density at radius 2 is 1.89 bits per heavy atom. The molecule has 28 heavy (non-hydrogen) atoms. The van der Waals surface area contributed by atoms with E-state index in [-0.39, 0.29) is 13.2 Å². The summed E-state index contributed by atoms with van der Waals surface area (Å²) in [4.78, 5) is 13.4. The summed E-state index contributed by atoms with van der Waals surface area (Å²) in [5, 5.41) is 13.9. The molecule has 3 aromatic heterocycles. The fourth-order valence-corrected chi connectivity index (χ4v) is 2.96. The molecule has 0 fully saturated rings. The molecule has 0 spiro atoms. The average molecular weight is 380 g/mol. The lowest BCUT2D eigenvalue weighted by molar-refractivity contribution is 0.266. The second kappa shape index (κ2) is 7.65. The van der Waals surface area contributed by atoms with Crippen molar-refractivity contribution < 1.29 is 14.6 Å². The lowest BCUT2D eigenvalue weighted by Gasteiger charge is -2.04.